The summed E-state index contributed by atoms with van der Waals surface area (Å²) >= 11 is 0. The number of anilines is 2. The van der Waals surface area contributed by atoms with Gasteiger partial charge in [-0.2, -0.15) is 13.2 Å². The zero-order valence-electron chi connectivity index (χ0n) is 36.3. The Morgan fingerprint density at radius 1 is 0.694 bits per heavy atom. The SMILES string of the molecule is CCN(CC)c1ccc(NC(=O)c2cccc(CCCOCCOCCOCCOCCC(=O)OC(C)(C)C)c2)c(-c2cc(C(=O)NCc3cccc(C(F)(F)F)c3)ccn2)c1. The second kappa shape index (κ2) is 24.9. The van der Waals surface area contributed by atoms with E-state index >= 15 is 0 Å². The van der Waals surface area contributed by atoms with Gasteiger partial charge in [-0.25, -0.2) is 0 Å². The van der Waals surface area contributed by atoms with Crippen molar-refractivity contribution in [2.75, 3.05) is 76.2 Å². The third-order valence-corrected chi connectivity index (χ3v) is 9.32. The first kappa shape index (κ1) is 49.3. The molecule has 15 heteroatoms. The number of hydrogen-bond acceptors (Lipinski definition) is 10. The summed E-state index contributed by atoms with van der Waals surface area (Å²) in [6.45, 7) is 14.2. The van der Waals surface area contributed by atoms with E-state index in [1.165, 1.54) is 24.4 Å². The van der Waals surface area contributed by atoms with Crippen LogP contribution in [0.25, 0.3) is 11.3 Å². The molecule has 0 unspecified atom stereocenters. The first-order chi connectivity index (χ1) is 29.7. The van der Waals surface area contributed by atoms with Crippen LogP contribution < -0.4 is 15.5 Å². The number of rotatable bonds is 25. The Morgan fingerprint density at radius 2 is 1.32 bits per heavy atom. The van der Waals surface area contributed by atoms with Crippen LogP contribution in [0.3, 0.4) is 0 Å². The maximum atomic E-state index is 13.7. The van der Waals surface area contributed by atoms with Crippen molar-refractivity contribution in [3.63, 3.8) is 0 Å². The number of hydrogen-bond donors (Lipinski definition) is 2. The molecule has 3 aromatic carbocycles. The predicted molar refractivity (Wildman–Crippen MR) is 232 cm³/mol. The van der Waals surface area contributed by atoms with Crippen molar-refractivity contribution < 1.29 is 51.2 Å². The molecule has 0 saturated carbocycles. The molecule has 1 aromatic heterocycles. The quantitative estimate of drug-likeness (QED) is 0.0493. The van der Waals surface area contributed by atoms with E-state index in [0.717, 1.165) is 42.9 Å². The van der Waals surface area contributed by atoms with Crippen molar-refractivity contribution in [2.24, 2.45) is 0 Å². The highest BCUT2D eigenvalue weighted by Gasteiger charge is 2.30. The molecular formula is C47H59F3N4O8. The monoisotopic (exact) mass is 864 g/mol. The van der Waals surface area contributed by atoms with Crippen molar-refractivity contribution in [3.8, 4) is 11.3 Å². The lowest BCUT2D eigenvalue weighted by Crippen LogP contribution is -2.24. The number of nitrogens with one attached hydrogen (secondary N) is 2. The van der Waals surface area contributed by atoms with Gasteiger partial charge in [-0.1, -0.05) is 24.3 Å². The van der Waals surface area contributed by atoms with E-state index in [-0.39, 0.29) is 37.0 Å². The minimum Gasteiger partial charge on any atom is -0.460 e. The average Bonchev–Trinajstić information content (AvgIpc) is 3.24. The Hall–Kier alpha value is -5.35. The normalized spacial score (nSPS) is 11.6. The molecule has 0 radical (unpaired) electrons. The summed E-state index contributed by atoms with van der Waals surface area (Å²) in [4.78, 5) is 45.3. The Bertz CT molecular complexity index is 2040. The number of pyridine rings is 1. The lowest BCUT2D eigenvalue weighted by Gasteiger charge is -2.23. The Morgan fingerprint density at radius 3 is 1.98 bits per heavy atom. The highest BCUT2D eigenvalue weighted by atomic mass is 19.4. The van der Waals surface area contributed by atoms with Gasteiger partial charge in [0.05, 0.1) is 69.6 Å². The summed E-state index contributed by atoms with van der Waals surface area (Å²) in [6, 6.07) is 21.0. The van der Waals surface area contributed by atoms with Gasteiger partial charge in [0.2, 0.25) is 0 Å². The van der Waals surface area contributed by atoms with Crippen molar-refractivity contribution in [1.29, 1.82) is 0 Å². The third-order valence-electron chi connectivity index (χ3n) is 9.32. The van der Waals surface area contributed by atoms with E-state index in [2.05, 4.69) is 20.5 Å². The molecular weight excluding hydrogens is 806 g/mol. The van der Waals surface area contributed by atoms with Gasteiger partial charge in [-0.15, -0.1) is 0 Å². The number of nitrogens with zero attached hydrogens (tertiary/aromatic N) is 2. The Labute approximate surface area is 362 Å². The van der Waals surface area contributed by atoms with Crippen molar-refractivity contribution in [2.45, 2.75) is 72.2 Å². The van der Waals surface area contributed by atoms with Gasteiger partial charge < -0.3 is 39.2 Å². The highest BCUT2D eigenvalue weighted by molar-refractivity contribution is 6.06. The molecule has 4 aromatic rings. The van der Waals surface area contributed by atoms with Crippen LogP contribution in [0.5, 0.6) is 0 Å². The van der Waals surface area contributed by atoms with Crippen molar-refractivity contribution in [3.05, 3.63) is 113 Å². The van der Waals surface area contributed by atoms with E-state index in [0.29, 0.717) is 80.7 Å². The molecule has 0 aliphatic carbocycles. The number of carbonyl (C=O) groups is 3. The topological polar surface area (TPSA) is 138 Å². The number of aryl methyl sites for hydroxylation is 1. The van der Waals surface area contributed by atoms with Crippen LogP contribution >= 0.6 is 0 Å². The number of benzene rings is 3. The molecule has 0 bridgehead atoms. The highest BCUT2D eigenvalue weighted by Crippen LogP contribution is 2.33. The number of carbonyl (C=O) groups excluding carboxylic acids is 3. The van der Waals surface area contributed by atoms with Crippen LogP contribution in [0.2, 0.25) is 0 Å². The molecule has 0 spiro atoms. The maximum absolute atomic E-state index is 13.7. The molecule has 336 valence electrons. The van der Waals surface area contributed by atoms with Crippen LogP contribution in [0.15, 0.2) is 85.1 Å². The minimum atomic E-state index is -4.49. The molecule has 62 heavy (non-hydrogen) atoms. The average molecular weight is 865 g/mol. The molecule has 0 atom stereocenters. The van der Waals surface area contributed by atoms with Crippen LogP contribution in [0.1, 0.15) is 84.9 Å². The molecule has 2 amide bonds. The molecule has 2 N–H and O–H groups in total. The lowest BCUT2D eigenvalue weighted by molar-refractivity contribution is -0.156. The number of aromatic nitrogens is 1. The van der Waals surface area contributed by atoms with Gasteiger partial charge in [-0.3, -0.25) is 19.4 Å². The van der Waals surface area contributed by atoms with Crippen LogP contribution in [0.4, 0.5) is 24.5 Å². The number of esters is 1. The first-order valence-corrected chi connectivity index (χ1v) is 20.9. The lowest BCUT2D eigenvalue weighted by atomic mass is 10.0. The summed E-state index contributed by atoms with van der Waals surface area (Å²) in [6.07, 6.45) is -1.36. The molecule has 0 fully saturated rings. The van der Waals surface area contributed by atoms with Crippen LogP contribution in [-0.2, 0) is 47.6 Å². The summed E-state index contributed by atoms with van der Waals surface area (Å²) < 4.78 is 67.1. The van der Waals surface area contributed by atoms with Gasteiger partial charge in [0.1, 0.15) is 5.60 Å². The van der Waals surface area contributed by atoms with E-state index < -0.39 is 23.2 Å². The fourth-order valence-electron chi connectivity index (χ4n) is 6.25. The molecule has 0 aliphatic heterocycles. The largest absolute Gasteiger partial charge is 0.460 e. The van der Waals surface area contributed by atoms with Crippen molar-refractivity contribution in [1.82, 2.24) is 10.3 Å². The van der Waals surface area contributed by atoms with Crippen molar-refractivity contribution >= 4 is 29.2 Å². The standard InChI is InChI=1S/C47H59F3N4O8/c1-6-54(7-2)39-16-17-41(40(32-39)42-31-37(18-20-51-42)44(56)52-33-35-12-9-15-38(30-35)47(48,49)50)53-45(57)36-14-8-11-34(29-36)13-10-21-58-23-25-60-27-28-61-26-24-59-22-19-43(55)62-46(3,4)5/h8-9,11-12,14-18,20,29-32H,6-7,10,13,19,21-28,33H2,1-5H3,(H,52,56)(H,53,57). The second-order valence-corrected chi connectivity index (χ2v) is 15.3. The summed E-state index contributed by atoms with van der Waals surface area (Å²) in [5, 5.41) is 5.74. The number of alkyl halides is 3. The zero-order chi connectivity index (χ0) is 45.0. The van der Waals surface area contributed by atoms with Gasteiger partial charge in [-0.05, 0) is 113 Å². The number of ether oxygens (including phenoxy) is 5. The Balaban J connectivity index is 1.24. The summed E-state index contributed by atoms with van der Waals surface area (Å²) in [5.74, 6) is -1.09. The fourth-order valence-corrected chi connectivity index (χ4v) is 6.25. The smallest absolute Gasteiger partial charge is 0.416 e. The summed E-state index contributed by atoms with van der Waals surface area (Å²) in [5.41, 5.74) is 3.15. The van der Waals surface area contributed by atoms with Gasteiger partial charge in [0.15, 0.2) is 0 Å². The number of amides is 2. The van der Waals surface area contributed by atoms with Crippen LogP contribution in [-0.4, -0.2) is 94.3 Å². The predicted octanol–water partition coefficient (Wildman–Crippen LogP) is 8.53. The van der Waals surface area contributed by atoms with E-state index in [4.69, 9.17) is 23.7 Å². The molecule has 12 nitrogen and oxygen atoms in total. The van der Waals surface area contributed by atoms with Gasteiger partial charge in [0.25, 0.3) is 11.8 Å². The molecule has 1 heterocycles. The van der Waals surface area contributed by atoms with E-state index in [9.17, 15) is 27.6 Å². The third kappa shape index (κ3) is 17.2. The summed E-state index contributed by atoms with van der Waals surface area (Å²) in [7, 11) is 0. The maximum Gasteiger partial charge on any atom is 0.416 e. The molecule has 0 aliphatic rings. The van der Waals surface area contributed by atoms with E-state index in [1.54, 1.807) is 12.1 Å². The second-order valence-electron chi connectivity index (χ2n) is 15.3. The van der Waals surface area contributed by atoms with E-state index in [1.807, 2.05) is 71.0 Å². The van der Waals surface area contributed by atoms with Crippen LogP contribution in [0, 0.1) is 0 Å². The molecule has 4 rings (SSSR count). The van der Waals surface area contributed by atoms with Gasteiger partial charge >= 0.3 is 12.1 Å². The number of halogens is 3. The first-order valence-electron chi connectivity index (χ1n) is 20.9. The van der Waals surface area contributed by atoms with Gasteiger partial charge in [0, 0.05) is 54.8 Å². The molecule has 0 saturated heterocycles. The fraction of sp³-hybridized carbons (Fsp3) is 0.447. The minimum absolute atomic E-state index is 0.0996. The zero-order valence-corrected chi connectivity index (χ0v) is 36.3. The Kier molecular flexibility index (Phi) is 19.8.